The Bertz CT molecular complexity index is 183. The maximum absolute atomic E-state index is 10.9. The number of hydrogen-bond donors (Lipinski definition) is 1. The number of hydrogen-bond acceptors (Lipinski definition) is 3. The summed E-state index contributed by atoms with van der Waals surface area (Å²) in [4.78, 5) is 10.9. The van der Waals surface area contributed by atoms with E-state index in [1.807, 2.05) is 13.8 Å². The summed E-state index contributed by atoms with van der Waals surface area (Å²) in [6.45, 7) is 7.56. The van der Waals surface area contributed by atoms with Crippen molar-refractivity contribution in [3.63, 3.8) is 0 Å². The predicted octanol–water partition coefficient (Wildman–Crippen LogP) is 1.33. The van der Waals surface area contributed by atoms with Crippen molar-refractivity contribution in [3.05, 3.63) is 0 Å². The molecule has 0 unspecified atom stereocenters. The molecular formula is C10H19NO2. The lowest BCUT2D eigenvalue weighted by Gasteiger charge is -2.36. The smallest absolute Gasteiger partial charge is 0.303 e. The van der Waals surface area contributed by atoms with Gasteiger partial charge in [0.25, 0.3) is 0 Å². The van der Waals surface area contributed by atoms with Gasteiger partial charge in [0.1, 0.15) is 5.60 Å². The van der Waals surface area contributed by atoms with E-state index >= 15 is 0 Å². The summed E-state index contributed by atoms with van der Waals surface area (Å²) < 4.78 is 5.31. The molecule has 0 radical (unpaired) electrons. The maximum atomic E-state index is 10.9. The van der Waals surface area contributed by atoms with Crippen molar-refractivity contribution in [2.45, 2.75) is 39.2 Å². The number of ether oxygens (including phenoxy) is 1. The highest BCUT2D eigenvalue weighted by Gasteiger charge is 2.33. The normalized spacial score (nSPS) is 19.9. The lowest BCUT2D eigenvalue weighted by Crippen LogP contribution is -2.42. The summed E-state index contributed by atoms with van der Waals surface area (Å²) in [5, 5.41) is 3.30. The molecule has 0 aromatic heterocycles. The molecule has 1 aliphatic heterocycles. The molecule has 0 spiro atoms. The van der Waals surface area contributed by atoms with Crippen LogP contribution in [0.2, 0.25) is 0 Å². The molecule has 0 aliphatic carbocycles. The molecule has 1 N–H and O–H groups in total. The molecule has 0 aromatic rings. The van der Waals surface area contributed by atoms with Crippen LogP contribution in [0.4, 0.5) is 0 Å². The summed E-state index contributed by atoms with van der Waals surface area (Å²) in [5.74, 6) is 0.321. The number of piperidine rings is 1. The van der Waals surface area contributed by atoms with Crippen LogP contribution in [0.1, 0.15) is 33.6 Å². The number of esters is 1. The number of rotatable bonds is 2. The van der Waals surface area contributed by atoms with E-state index < -0.39 is 0 Å². The topological polar surface area (TPSA) is 38.3 Å². The van der Waals surface area contributed by atoms with E-state index in [2.05, 4.69) is 5.32 Å². The largest absolute Gasteiger partial charge is 0.460 e. The van der Waals surface area contributed by atoms with E-state index in [0.717, 1.165) is 25.9 Å². The summed E-state index contributed by atoms with van der Waals surface area (Å²) in [6, 6.07) is 0. The number of nitrogens with one attached hydrogen (secondary N) is 1. The van der Waals surface area contributed by atoms with Crippen LogP contribution in [0.5, 0.6) is 0 Å². The minimum absolute atomic E-state index is 0.177. The van der Waals surface area contributed by atoms with Crippen LogP contribution in [0.25, 0.3) is 0 Å². The summed E-state index contributed by atoms with van der Waals surface area (Å²) in [5.41, 5.74) is -0.298. The Morgan fingerprint density at radius 3 is 2.38 bits per heavy atom. The van der Waals surface area contributed by atoms with E-state index in [4.69, 9.17) is 4.74 Å². The SMILES string of the molecule is CC(=O)OC(C)(C)C1CCNCC1. The second-order valence-electron chi connectivity index (χ2n) is 4.22. The van der Waals surface area contributed by atoms with Crippen LogP contribution < -0.4 is 5.32 Å². The zero-order valence-electron chi connectivity index (χ0n) is 8.72. The van der Waals surface area contributed by atoms with Gasteiger partial charge in [0.15, 0.2) is 0 Å². The van der Waals surface area contributed by atoms with Crippen molar-refractivity contribution in [1.82, 2.24) is 5.32 Å². The molecule has 0 saturated carbocycles. The Hall–Kier alpha value is -0.570. The first kappa shape index (κ1) is 10.5. The van der Waals surface area contributed by atoms with Crippen molar-refractivity contribution in [3.8, 4) is 0 Å². The van der Waals surface area contributed by atoms with Crippen LogP contribution in [0.3, 0.4) is 0 Å². The molecule has 1 fully saturated rings. The van der Waals surface area contributed by atoms with Crippen molar-refractivity contribution in [2.75, 3.05) is 13.1 Å². The quantitative estimate of drug-likeness (QED) is 0.659. The standard InChI is InChI=1S/C10H19NO2/c1-8(12)13-10(2,3)9-4-6-11-7-5-9/h9,11H,4-7H2,1-3H3. The fourth-order valence-electron chi connectivity index (χ4n) is 1.97. The highest BCUT2D eigenvalue weighted by Crippen LogP contribution is 2.28. The van der Waals surface area contributed by atoms with Crippen molar-refractivity contribution in [1.29, 1.82) is 0 Å². The fraction of sp³-hybridized carbons (Fsp3) is 0.900. The van der Waals surface area contributed by atoms with Gasteiger partial charge < -0.3 is 10.1 Å². The summed E-state index contributed by atoms with van der Waals surface area (Å²) in [6.07, 6.45) is 2.20. The first-order chi connectivity index (χ1) is 6.02. The number of carbonyl (C=O) groups excluding carboxylic acids is 1. The van der Waals surface area contributed by atoms with Gasteiger partial charge in [-0.2, -0.15) is 0 Å². The van der Waals surface area contributed by atoms with Crippen molar-refractivity contribution >= 4 is 5.97 Å². The van der Waals surface area contributed by atoms with Gasteiger partial charge in [0.05, 0.1) is 0 Å². The minimum Gasteiger partial charge on any atom is -0.460 e. The maximum Gasteiger partial charge on any atom is 0.303 e. The van der Waals surface area contributed by atoms with Crippen molar-refractivity contribution < 1.29 is 9.53 Å². The summed E-state index contributed by atoms with van der Waals surface area (Å²) in [7, 11) is 0. The average Bonchev–Trinajstić information content (AvgIpc) is 2.04. The van der Waals surface area contributed by atoms with Gasteiger partial charge in [-0.15, -0.1) is 0 Å². The molecule has 3 nitrogen and oxygen atoms in total. The molecule has 3 heteroatoms. The molecule has 1 saturated heterocycles. The van der Waals surface area contributed by atoms with Crippen LogP contribution in [-0.4, -0.2) is 24.7 Å². The highest BCUT2D eigenvalue weighted by atomic mass is 16.6. The monoisotopic (exact) mass is 185 g/mol. The van der Waals surface area contributed by atoms with Crippen LogP contribution in [0, 0.1) is 5.92 Å². The summed E-state index contributed by atoms with van der Waals surface area (Å²) >= 11 is 0. The third-order valence-electron chi connectivity index (χ3n) is 2.73. The van der Waals surface area contributed by atoms with Gasteiger partial charge >= 0.3 is 5.97 Å². The second kappa shape index (κ2) is 4.09. The molecule has 0 amide bonds. The van der Waals surface area contributed by atoms with Gasteiger partial charge in [0, 0.05) is 12.8 Å². The van der Waals surface area contributed by atoms with E-state index in [1.54, 1.807) is 0 Å². The van der Waals surface area contributed by atoms with Gasteiger partial charge in [-0.3, -0.25) is 4.79 Å². The fourth-order valence-corrected chi connectivity index (χ4v) is 1.97. The zero-order valence-corrected chi connectivity index (χ0v) is 8.72. The van der Waals surface area contributed by atoms with Gasteiger partial charge in [-0.05, 0) is 39.8 Å². The van der Waals surface area contributed by atoms with E-state index in [9.17, 15) is 4.79 Å². The Labute approximate surface area is 79.8 Å². The Balaban J connectivity index is 2.50. The molecule has 0 atom stereocenters. The van der Waals surface area contributed by atoms with E-state index in [1.165, 1.54) is 6.92 Å². The van der Waals surface area contributed by atoms with Gasteiger partial charge in [0.2, 0.25) is 0 Å². The Morgan fingerprint density at radius 2 is 1.92 bits per heavy atom. The van der Waals surface area contributed by atoms with Crippen LogP contribution in [0.15, 0.2) is 0 Å². The molecule has 1 heterocycles. The first-order valence-electron chi connectivity index (χ1n) is 4.92. The Kier molecular flexibility index (Phi) is 3.31. The lowest BCUT2D eigenvalue weighted by atomic mass is 9.83. The predicted molar refractivity (Wildman–Crippen MR) is 51.4 cm³/mol. The molecule has 1 aliphatic rings. The van der Waals surface area contributed by atoms with Crippen LogP contribution >= 0.6 is 0 Å². The molecule has 13 heavy (non-hydrogen) atoms. The molecule has 0 bridgehead atoms. The van der Waals surface area contributed by atoms with Crippen LogP contribution in [-0.2, 0) is 9.53 Å². The second-order valence-corrected chi connectivity index (χ2v) is 4.22. The lowest BCUT2D eigenvalue weighted by molar-refractivity contribution is -0.159. The molecular weight excluding hydrogens is 166 g/mol. The minimum atomic E-state index is -0.298. The third kappa shape index (κ3) is 2.99. The Morgan fingerprint density at radius 1 is 1.38 bits per heavy atom. The van der Waals surface area contributed by atoms with E-state index in [-0.39, 0.29) is 11.6 Å². The average molecular weight is 185 g/mol. The molecule has 76 valence electrons. The third-order valence-corrected chi connectivity index (χ3v) is 2.73. The number of carbonyl (C=O) groups is 1. The first-order valence-corrected chi connectivity index (χ1v) is 4.92. The molecule has 1 rings (SSSR count). The highest BCUT2D eigenvalue weighted by molar-refractivity contribution is 5.66. The zero-order chi connectivity index (χ0) is 9.90. The van der Waals surface area contributed by atoms with Gasteiger partial charge in [-0.25, -0.2) is 0 Å². The van der Waals surface area contributed by atoms with Crippen molar-refractivity contribution in [2.24, 2.45) is 5.92 Å². The molecule has 0 aromatic carbocycles. The van der Waals surface area contributed by atoms with E-state index in [0.29, 0.717) is 5.92 Å². The van der Waals surface area contributed by atoms with Gasteiger partial charge in [-0.1, -0.05) is 0 Å².